The molecule has 0 saturated carbocycles. The van der Waals surface area contributed by atoms with Gasteiger partial charge >= 0.3 is 0 Å². The standard InChI is InChI=1S/C57H95NO18/c1-3-5-7-9-11-13-15-16-17-18-19-20-21-22-23-24-25-27-29-31-33-35-45(63)58-40(41(62)34-32-30-28-26-14-12-10-8-6-4-2)39-71-55-51(69)48(66)53(43(37-60)73-55)76-57-52(70)49(67)54(44(38-61)74-57)75-56-50(68)47(65)46(64)42(36-59)72-56/h5,7,11,13,16-17,19-20,22-23,25,27,32,34,40-44,46-57,59-62,64-70H,3-4,6,8-10,12,14-15,18,21,24,26,28-31,33,35-39H2,1-2H3,(H,58,63)/b7-5-,13-11-,17-16-,20-19-,23-22-,27-25-,34-32+. The molecule has 3 aliphatic heterocycles. The highest BCUT2D eigenvalue weighted by atomic mass is 16.8. The topological polar surface area (TPSA) is 307 Å². The zero-order chi connectivity index (χ0) is 55.5. The van der Waals surface area contributed by atoms with Crippen LogP contribution in [-0.2, 0) is 33.2 Å². The lowest BCUT2D eigenvalue weighted by atomic mass is 9.96. The van der Waals surface area contributed by atoms with Gasteiger partial charge in [-0.1, -0.05) is 144 Å². The summed E-state index contributed by atoms with van der Waals surface area (Å²) in [4.78, 5) is 13.2. The van der Waals surface area contributed by atoms with Crippen LogP contribution in [0.15, 0.2) is 85.1 Å². The molecule has 0 aromatic carbocycles. The van der Waals surface area contributed by atoms with Crippen LogP contribution in [0.1, 0.15) is 136 Å². The second-order valence-electron chi connectivity index (χ2n) is 19.7. The van der Waals surface area contributed by atoms with E-state index < -0.39 is 124 Å². The fourth-order valence-corrected chi connectivity index (χ4v) is 8.84. The van der Waals surface area contributed by atoms with Gasteiger partial charge in [-0.05, 0) is 70.6 Å². The van der Waals surface area contributed by atoms with Crippen LogP contribution < -0.4 is 5.32 Å². The van der Waals surface area contributed by atoms with E-state index in [0.717, 1.165) is 77.0 Å². The first-order valence-corrected chi connectivity index (χ1v) is 27.8. The number of ether oxygens (including phenoxy) is 6. The van der Waals surface area contributed by atoms with Crippen molar-refractivity contribution in [2.45, 2.75) is 240 Å². The largest absolute Gasteiger partial charge is 0.394 e. The van der Waals surface area contributed by atoms with Crippen LogP contribution >= 0.6 is 0 Å². The predicted octanol–water partition coefficient (Wildman–Crippen LogP) is 3.64. The maximum absolute atomic E-state index is 13.2. The highest BCUT2D eigenvalue weighted by Gasteiger charge is 2.53. The number of carbonyl (C=O) groups excluding carboxylic acids is 1. The van der Waals surface area contributed by atoms with Gasteiger partial charge in [-0.2, -0.15) is 0 Å². The normalized spacial score (nSPS) is 31.6. The highest BCUT2D eigenvalue weighted by molar-refractivity contribution is 5.76. The molecule has 0 bridgehead atoms. The summed E-state index contributed by atoms with van der Waals surface area (Å²) in [5, 5.41) is 120. The monoisotopic (exact) mass is 1080 g/mol. The third-order valence-electron chi connectivity index (χ3n) is 13.4. The second kappa shape index (κ2) is 40.2. The van der Waals surface area contributed by atoms with Crippen molar-refractivity contribution < 1.29 is 89.4 Å². The molecular weight excluding hydrogens is 987 g/mol. The number of allylic oxidation sites excluding steroid dienone is 13. The number of hydrogen-bond acceptors (Lipinski definition) is 18. The number of nitrogens with one attached hydrogen (secondary N) is 1. The molecule has 0 aliphatic carbocycles. The number of rotatable bonds is 38. The number of amides is 1. The highest BCUT2D eigenvalue weighted by Crippen LogP contribution is 2.33. The Balaban J connectivity index is 1.52. The van der Waals surface area contributed by atoms with Gasteiger partial charge < -0.3 is 89.9 Å². The summed E-state index contributed by atoms with van der Waals surface area (Å²) in [6, 6.07) is -0.999. The molecule has 19 heteroatoms. The van der Waals surface area contributed by atoms with Gasteiger partial charge in [-0.25, -0.2) is 0 Å². The van der Waals surface area contributed by atoms with Crippen molar-refractivity contribution in [1.82, 2.24) is 5.32 Å². The summed E-state index contributed by atoms with van der Waals surface area (Å²) in [6.07, 6.45) is 20.1. The van der Waals surface area contributed by atoms with E-state index in [2.05, 4.69) is 92.1 Å². The zero-order valence-corrected chi connectivity index (χ0v) is 44.9. The molecule has 3 saturated heterocycles. The van der Waals surface area contributed by atoms with E-state index in [1.807, 2.05) is 6.08 Å². The van der Waals surface area contributed by atoms with Crippen molar-refractivity contribution in [2.75, 3.05) is 26.4 Å². The van der Waals surface area contributed by atoms with Crippen molar-refractivity contribution in [3.63, 3.8) is 0 Å². The van der Waals surface area contributed by atoms with Crippen LogP contribution in [0.5, 0.6) is 0 Å². The summed E-state index contributed by atoms with van der Waals surface area (Å²) in [5.41, 5.74) is 0. The minimum absolute atomic E-state index is 0.183. The maximum atomic E-state index is 13.2. The Labute approximate surface area is 450 Å². The molecule has 17 unspecified atom stereocenters. The van der Waals surface area contributed by atoms with Crippen LogP contribution in [0, 0.1) is 0 Å². The third kappa shape index (κ3) is 24.5. The van der Waals surface area contributed by atoms with Gasteiger partial charge in [0.05, 0.1) is 38.6 Å². The SMILES string of the molecule is CC/C=C\C/C=C\C/C=C\C/C=C\C/C=C\C/C=C\CCCCC(=O)NC(COC1OC(CO)C(OC2OC(CO)C(OC3OC(CO)C(O)C(O)C3O)C(O)C2O)C(O)C1O)C(O)/C=C/CCCCCCCCCC. The molecule has 12 N–H and O–H groups in total. The quantitative estimate of drug-likeness (QED) is 0.0310. The average molecular weight is 1080 g/mol. The van der Waals surface area contributed by atoms with E-state index in [0.29, 0.717) is 6.42 Å². The first kappa shape index (κ1) is 67.2. The number of hydrogen-bond donors (Lipinski definition) is 12. The number of aliphatic hydroxyl groups is 11. The summed E-state index contributed by atoms with van der Waals surface area (Å²) in [7, 11) is 0. The van der Waals surface area contributed by atoms with E-state index in [4.69, 9.17) is 28.4 Å². The summed E-state index contributed by atoms with van der Waals surface area (Å²) >= 11 is 0. The molecule has 76 heavy (non-hydrogen) atoms. The van der Waals surface area contributed by atoms with Crippen molar-refractivity contribution in [2.24, 2.45) is 0 Å². The van der Waals surface area contributed by atoms with Gasteiger partial charge in [-0.15, -0.1) is 0 Å². The smallest absolute Gasteiger partial charge is 0.220 e. The van der Waals surface area contributed by atoms with Crippen molar-refractivity contribution in [3.8, 4) is 0 Å². The van der Waals surface area contributed by atoms with E-state index in [9.17, 15) is 61.0 Å². The molecule has 3 fully saturated rings. The molecule has 0 radical (unpaired) electrons. The maximum Gasteiger partial charge on any atom is 0.220 e. The van der Waals surface area contributed by atoms with Gasteiger partial charge in [0.1, 0.15) is 73.2 Å². The molecule has 3 rings (SSSR count). The lowest BCUT2D eigenvalue weighted by molar-refractivity contribution is -0.379. The second-order valence-corrected chi connectivity index (χ2v) is 19.7. The van der Waals surface area contributed by atoms with E-state index in [1.54, 1.807) is 6.08 Å². The molecule has 436 valence electrons. The molecule has 3 aliphatic rings. The van der Waals surface area contributed by atoms with Crippen molar-refractivity contribution in [3.05, 3.63) is 85.1 Å². The van der Waals surface area contributed by atoms with Crippen LogP contribution in [-0.4, -0.2) is 193 Å². The average Bonchev–Trinajstić information content (AvgIpc) is 3.42. The van der Waals surface area contributed by atoms with Gasteiger partial charge in [0.15, 0.2) is 18.9 Å². The fourth-order valence-electron chi connectivity index (χ4n) is 8.84. The predicted molar refractivity (Wildman–Crippen MR) is 286 cm³/mol. The Hall–Kier alpha value is -3.03. The van der Waals surface area contributed by atoms with Gasteiger partial charge in [0.2, 0.25) is 5.91 Å². The molecule has 0 aromatic heterocycles. The van der Waals surface area contributed by atoms with Crippen LogP contribution in [0.25, 0.3) is 0 Å². The number of carbonyl (C=O) groups is 1. The minimum Gasteiger partial charge on any atom is -0.394 e. The minimum atomic E-state index is -1.98. The van der Waals surface area contributed by atoms with Crippen LogP contribution in [0.3, 0.4) is 0 Å². The molecule has 1 amide bonds. The van der Waals surface area contributed by atoms with E-state index in [-0.39, 0.29) is 18.9 Å². The molecule has 0 aromatic rings. The Morgan fingerprint density at radius 2 is 0.908 bits per heavy atom. The summed E-state index contributed by atoms with van der Waals surface area (Å²) in [6.45, 7) is 1.50. The fraction of sp³-hybridized carbons (Fsp3) is 0.737. The Morgan fingerprint density at radius 1 is 0.487 bits per heavy atom. The lowest BCUT2D eigenvalue weighted by Crippen LogP contribution is -2.66. The third-order valence-corrected chi connectivity index (χ3v) is 13.4. The Morgan fingerprint density at radius 3 is 1.42 bits per heavy atom. The van der Waals surface area contributed by atoms with Crippen LogP contribution in [0.2, 0.25) is 0 Å². The molecule has 19 nitrogen and oxygen atoms in total. The molecular formula is C57H95NO18. The number of aliphatic hydroxyl groups excluding tert-OH is 11. The van der Waals surface area contributed by atoms with Gasteiger partial charge in [0.25, 0.3) is 0 Å². The van der Waals surface area contributed by atoms with Gasteiger partial charge in [-0.3, -0.25) is 4.79 Å². The first-order chi connectivity index (χ1) is 36.8. The Kier molecular flexibility index (Phi) is 35.6. The van der Waals surface area contributed by atoms with Gasteiger partial charge in [0, 0.05) is 6.42 Å². The van der Waals surface area contributed by atoms with Crippen molar-refractivity contribution >= 4 is 5.91 Å². The zero-order valence-electron chi connectivity index (χ0n) is 44.9. The van der Waals surface area contributed by atoms with E-state index >= 15 is 0 Å². The number of unbranched alkanes of at least 4 members (excludes halogenated alkanes) is 10. The summed E-state index contributed by atoms with van der Waals surface area (Å²) in [5.74, 6) is -0.325. The molecule has 17 atom stereocenters. The summed E-state index contributed by atoms with van der Waals surface area (Å²) < 4.78 is 34.1. The first-order valence-electron chi connectivity index (χ1n) is 27.8. The molecule has 3 heterocycles. The Bertz CT molecular complexity index is 1720. The molecule has 0 spiro atoms. The van der Waals surface area contributed by atoms with E-state index in [1.165, 1.54) is 32.1 Å². The van der Waals surface area contributed by atoms with Crippen LogP contribution in [0.4, 0.5) is 0 Å². The lowest BCUT2D eigenvalue weighted by Gasteiger charge is -2.48. The van der Waals surface area contributed by atoms with Crippen molar-refractivity contribution in [1.29, 1.82) is 0 Å².